The molecule has 1 N–H and O–H groups in total. The number of hydrogen-bond donors (Lipinski definition) is 1. The van der Waals surface area contributed by atoms with Gasteiger partial charge in [0.15, 0.2) is 0 Å². The van der Waals surface area contributed by atoms with Crippen molar-refractivity contribution in [3.8, 4) is 22.9 Å². The molecule has 0 saturated carbocycles. The monoisotopic (exact) mass is 368 g/mol. The van der Waals surface area contributed by atoms with E-state index in [-0.39, 0.29) is 17.2 Å². The van der Waals surface area contributed by atoms with Crippen molar-refractivity contribution in [2.75, 3.05) is 0 Å². The maximum Gasteiger partial charge on any atom is 0.266 e. The highest BCUT2D eigenvalue weighted by atomic mass is 35.5. The number of aryl methyl sites for hydroxylation is 1. The minimum atomic E-state index is -0.424. The number of ether oxygens (including phenoxy) is 1. The summed E-state index contributed by atoms with van der Waals surface area (Å²) >= 11 is 6.00. The molecular weight excluding hydrogens is 355 g/mol. The summed E-state index contributed by atoms with van der Waals surface area (Å²) in [5.74, 6) is 0.138. The Morgan fingerprint density at radius 3 is 2.77 bits per heavy atom. The molecule has 3 aromatic rings. The van der Waals surface area contributed by atoms with E-state index in [1.165, 1.54) is 12.1 Å². The van der Waals surface area contributed by atoms with Crippen LogP contribution in [0.25, 0.3) is 11.1 Å². The summed E-state index contributed by atoms with van der Waals surface area (Å²) in [4.78, 5) is 14.6. The van der Waals surface area contributed by atoms with E-state index in [1.807, 2.05) is 6.07 Å². The van der Waals surface area contributed by atoms with Crippen molar-refractivity contribution in [3.63, 3.8) is 0 Å². The number of nitrogens with zero attached hydrogens (tertiary/aromatic N) is 1. The average molecular weight is 369 g/mol. The summed E-state index contributed by atoms with van der Waals surface area (Å²) in [5, 5.41) is 9.57. The predicted octanol–water partition coefficient (Wildman–Crippen LogP) is 4.59. The predicted molar refractivity (Wildman–Crippen MR) is 97.7 cm³/mol. The molecule has 0 atom stereocenters. The van der Waals surface area contributed by atoms with Gasteiger partial charge in [-0.3, -0.25) is 4.79 Å². The number of benzene rings is 2. The maximum atomic E-state index is 13.1. The quantitative estimate of drug-likeness (QED) is 0.732. The molecule has 0 saturated heterocycles. The summed E-state index contributed by atoms with van der Waals surface area (Å²) in [6.07, 6.45) is 0. The summed E-state index contributed by atoms with van der Waals surface area (Å²) in [6.45, 7) is 1.92. The Balaban J connectivity index is 1.90. The molecule has 6 heteroatoms. The molecule has 1 aromatic heterocycles. The first-order chi connectivity index (χ1) is 12.5. The van der Waals surface area contributed by atoms with Crippen LogP contribution in [0, 0.1) is 24.1 Å². The lowest BCUT2D eigenvalue weighted by Gasteiger charge is -2.10. The van der Waals surface area contributed by atoms with Gasteiger partial charge in [-0.15, -0.1) is 0 Å². The summed E-state index contributed by atoms with van der Waals surface area (Å²) in [6, 6.07) is 14.9. The highest BCUT2D eigenvalue weighted by Gasteiger charge is 2.11. The van der Waals surface area contributed by atoms with E-state index in [9.17, 15) is 14.4 Å². The number of pyridine rings is 1. The van der Waals surface area contributed by atoms with Crippen LogP contribution in [0.4, 0.5) is 4.39 Å². The first kappa shape index (κ1) is 17.7. The van der Waals surface area contributed by atoms with Crippen molar-refractivity contribution >= 4 is 11.6 Å². The standard InChI is InChI=1S/C20H14ClFN2O2/c1-12-7-17(18(10-23)20(25)24-12)13-3-2-4-16(8-13)26-11-14-5-6-15(22)9-19(14)21/h2-9H,11H2,1H3,(H,24,25). The van der Waals surface area contributed by atoms with Crippen LogP contribution in [0.15, 0.2) is 53.3 Å². The van der Waals surface area contributed by atoms with E-state index in [4.69, 9.17) is 16.3 Å². The SMILES string of the molecule is Cc1cc(-c2cccc(OCc3ccc(F)cc3Cl)c2)c(C#N)c(=O)[nH]1. The number of hydrogen-bond acceptors (Lipinski definition) is 3. The Morgan fingerprint density at radius 1 is 1.23 bits per heavy atom. The molecule has 26 heavy (non-hydrogen) atoms. The lowest BCUT2D eigenvalue weighted by molar-refractivity contribution is 0.306. The van der Waals surface area contributed by atoms with Crippen molar-refractivity contribution in [1.82, 2.24) is 4.98 Å². The summed E-state index contributed by atoms with van der Waals surface area (Å²) in [5.41, 5.74) is 2.18. The molecule has 0 aliphatic heterocycles. The van der Waals surface area contributed by atoms with E-state index in [1.54, 1.807) is 43.3 Å². The number of nitriles is 1. The van der Waals surface area contributed by atoms with Crippen molar-refractivity contribution in [2.45, 2.75) is 13.5 Å². The molecule has 0 radical (unpaired) electrons. The Bertz CT molecular complexity index is 1070. The first-order valence-electron chi connectivity index (χ1n) is 7.79. The van der Waals surface area contributed by atoms with Gasteiger partial charge in [-0.25, -0.2) is 4.39 Å². The number of aromatic nitrogens is 1. The van der Waals surface area contributed by atoms with Crippen LogP contribution in [0.3, 0.4) is 0 Å². The molecule has 0 aliphatic carbocycles. The summed E-state index contributed by atoms with van der Waals surface area (Å²) < 4.78 is 18.8. The fourth-order valence-corrected chi connectivity index (χ4v) is 2.80. The smallest absolute Gasteiger partial charge is 0.266 e. The van der Waals surface area contributed by atoms with Crippen LogP contribution >= 0.6 is 11.6 Å². The normalized spacial score (nSPS) is 10.4. The molecule has 0 aliphatic rings. The third-order valence-electron chi connectivity index (χ3n) is 3.83. The van der Waals surface area contributed by atoms with Gasteiger partial charge in [0.2, 0.25) is 0 Å². The van der Waals surface area contributed by atoms with Crippen LogP contribution in [0.2, 0.25) is 5.02 Å². The maximum absolute atomic E-state index is 13.1. The largest absolute Gasteiger partial charge is 0.489 e. The van der Waals surface area contributed by atoms with Gasteiger partial charge in [0, 0.05) is 16.8 Å². The van der Waals surface area contributed by atoms with E-state index >= 15 is 0 Å². The molecule has 4 nitrogen and oxygen atoms in total. The van der Waals surface area contributed by atoms with Crippen molar-refractivity contribution in [2.24, 2.45) is 0 Å². The molecule has 1 heterocycles. The third kappa shape index (κ3) is 3.76. The Morgan fingerprint density at radius 2 is 2.04 bits per heavy atom. The zero-order valence-corrected chi connectivity index (χ0v) is 14.6. The number of nitrogens with one attached hydrogen (secondary N) is 1. The molecule has 130 valence electrons. The minimum absolute atomic E-state index is 0.0503. The topological polar surface area (TPSA) is 65.9 Å². The van der Waals surface area contributed by atoms with Gasteiger partial charge in [0.05, 0.1) is 5.02 Å². The minimum Gasteiger partial charge on any atom is -0.489 e. The summed E-state index contributed by atoms with van der Waals surface area (Å²) in [7, 11) is 0. The number of rotatable bonds is 4. The highest BCUT2D eigenvalue weighted by molar-refractivity contribution is 6.31. The lowest BCUT2D eigenvalue weighted by Crippen LogP contribution is -2.12. The van der Waals surface area contributed by atoms with Crippen molar-refractivity contribution < 1.29 is 9.13 Å². The third-order valence-corrected chi connectivity index (χ3v) is 4.19. The molecule has 0 bridgehead atoms. The molecule has 0 unspecified atom stereocenters. The van der Waals surface area contributed by atoms with Crippen molar-refractivity contribution in [3.05, 3.63) is 86.5 Å². The Labute approximate surface area is 154 Å². The number of halogens is 2. The molecule has 0 amide bonds. The van der Waals surface area contributed by atoms with E-state index in [2.05, 4.69) is 4.98 Å². The lowest BCUT2D eigenvalue weighted by atomic mass is 10.0. The van der Waals surface area contributed by atoms with Crippen LogP contribution in [0.1, 0.15) is 16.8 Å². The van der Waals surface area contributed by atoms with E-state index < -0.39 is 11.4 Å². The van der Waals surface area contributed by atoms with E-state index in [0.717, 1.165) is 0 Å². The highest BCUT2D eigenvalue weighted by Crippen LogP contribution is 2.27. The number of aromatic amines is 1. The van der Waals surface area contributed by atoms with Gasteiger partial charge in [-0.05, 0) is 42.8 Å². The number of H-pyrrole nitrogens is 1. The van der Waals surface area contributed by atoms with Gasteiger partial charge < -0.3 is 9.72 Å². The van der Waals surface area contributed by atoms with Gasteiger partial charge in [-0.2, -0.15) is 5.26 Å². The second-order valence-electron chi connectivity index (χ2n) is 5.73. The van der Waals surface area contributed by atoms with Gasteiger partial charge in [-0.1, -0.05) is 29.8 Å². The first-order valence-corrected chi connectivity index (χ1v) is 8.17. The molecule has 2 aromatic carbocycles. The van der Waals surface area contributed by atoms with Crippen molar-refractivity contribution in [1.29, 1.82) is 5.26 Å². The van der Waals surface area contributed by atoms with Gasteiger partial charge in [0.25, 0.3) is 5.56 Å². The average Bonchev–Trinajstić information content (AvgIpc) is 2.60. The zero-order chi connectivity index (χ0) is 18.7. The van der Waals surface area contributed by atoms with E-state index in [0.29, 0.717) is 28.1 Å². The Hall–Kier alpha value is -3.10. The zero-order valence-electron chi connectivity index (χ0n) is 13.8. The fraction of sp³-hybridized carbons (Fsp3) is 0.100. The van der Waals surface area contributed by atoms with Crippen LogP contribution in [-0.2, 0) is 6.61 Å². The molecular formula is C20H14ClFN2O2. The van der Waals surface area contributed by atoms with Crippen LogP contribution in [-0.4, -0.2) is 4.98 Å². The van der Waals surface area contributed by atoms with Crippen LogP contribution < -0.4 is 10.3 Å². The molecule has 0 fully saturated rings. The fourth-order valence-electron chi connectivity index (χ4n) is 2.58. The van der Waals surface area contributed by atoms with Gasteiger partial charge in [0.1, 0.15) is 29.8 Å². The van der Waals surface area contributed by atoms with Gasteiger partial charge >= 0.3 is 0 Å². The van der Waals surface area contributed by atoms with Crippen LogP contribution in [0.5, 0.6) is 5.75 Å². The Kier molecular flexibility index (Phi) is 5.06. The molecule has 0 spiro atoms. The second-order valence-corrected chi connectivity index (χ2v) is 6.14. The second kappa shape index (κ2) is 7.42. The molecule has 3 rings (SSSR count).